The summed E-state index contributed by atoms with van der Waals surface area (Å²) in [7, 11) is 0. The Hall–Kier alpha value is -2.66. The number of carbonyl (C=O) groups excluding carboxylic acids is 2. The van der Waals surface area contributed by atoms with Crippen LogP contribution in [0.4, 0.5) is 5.69 Å². The van der Waals surface area contributed by atoms with Gasteiger partial charge in [-0.15, -0.1) is 0 Å². The van der Waals surface area contributed by atoms with Gasteiger partial charge in [-0.05, 0) is 42.5 Å². The lowest BCUT2D eigenvalue weighted by Crippen LogP contribution is -2.42. The molecule has 1 heterocycles. The Morgan fingerprint density at radius 2 is 1.76 bits per heavy atom. The number of anilines is 1. The molecule has 0 bridgehead atoms. The monoisotopic (exact) mass is 395 g/mol. The maximum absolute atomic E-state index is 12.9. The van der Waals surface area contributed by atoms with Gasteiger partial charge in [0.25, 0.3) is 5.91 Å². The number of amides is 1. The number of fused-ring (bicyclic) bond motifs is 1. The number of aliphatic hydroxyl groups is 1. The number of ketones is 1. The standard InChI is InChI=1S/C24H29NO4/c1-17(26)16-24(28)20-8-5-6-9-21(20)25(22(24)27)14-7-15-29-19-12-10-18(11-13-19)23(2,3)4/h5-6,8-13,28H,7,14-16H2,1-4H3/t24-/m1/s1. The Balaban J connectivity index is 1.62. The van der Waals surface area contributed by atoms with Gasteiger partial charge in [0.05, 0.1) is 12.3 Å². The summed E-state index contributed by atoms with van der Waals surface area (Å²) in [5, 5.41) is 10.9. The molecule has 2 aromatic carbocycles. The van der Waals surface area contributed by atoms with E-state index in [2.05, 4.69) is 32.9 Å². The lowest BCUT2D eigenvalue weighted by molar-refractivity contribution is -0.141. The molecule has 0 unspecified atom stereocenters. The molecule has 3 rings (SSSR count). The van der Waals surface area contributed by atoms with E-state index >= 15 is 0 Å². The first-order valence-corrected chi connectivity index (χ1v) is 9.99. The Morgan fingerprint density at radius 1 is 1.10 bits per heavy atom. The zero-order valence-corrected chi connectivity index (χ0v) is 17.6. The minimum Gasteiger partial charge on any atom is -0.494 e. The largest absolute Gasteiger partial charge is 0.494 e. The normalized spacial score (nSPS) is 18.7. The lowest BCUT2D eigenvalue weighted by Gasteiger charge is -2.22. The molecule has 1 amide bonds. The molecule has 0 fully saturated rings. The van der Waals surface area contributed by atoms with Gasteiger partial charge < -0.3 is 14.7 Å². The molecule has 5 nitrogen and oxygen atoms in total. The second-order valence-corrected chi connectivity index (χ2v) is 8.69. The molecule has 1 aliphatic heterocycles. The van der Waals surface area contributed by atoms with Crippen molar-refractivity contribution in [2.24, 2.45) is 0 Å². The van der Waals surface area contributed by atoms with E-state index in [9.17, 15) is 14.7 Å². The van der Waals surface area contributed by atoms with Crippen LogP contribution < -0.4 is 9.64 Å². The molecule has 0 saturated heterocycles. The summed E-state index contributed by atoms with van der Waals surface area (Å²) >= 11 is 0. The topological polar surface area (TPSA) is 66.8 Å². The predicted molar refractivity (Wildman–Crippen MR) is 113 cm³/mol. The van der Waals surface area contributed by atoms with Crippen LogP contribution in [0.15, 0.2) is 48.5 Å². The summed E-state index contributed by atoms with van der Waals surface area (Å²) in [5.74, 6) is 0.127. The van der Waals surface area contributed by atoms with Crippen molar-refractivity contribution in [2.75, 3.05) is 18.1 Å². The van der Waals surface area contributed by atoms with Crippen LogP contribution in [-0.2, 0) is 20.6 Å². The van der Waals surface area contributed by atoms with Crippen molar-refractivity contribution in [2.45, 2.75) is 51.6 Å². The number of ether oxygens (including phenoxy) is 1. The second kappa shape index (κ2) is 7.99. The van der Waals surface area contributed by atoms with Crippen LogP contribution in [0.1, 0.15) is 51.7 Å². The van der Waals surface area contributed by atoms with Gasteiger partial charge in [-0.2, -0.15) is 0 Å². The molecule has 1 aliphatic rings. The van der Waals surface area contributed by atoms with Crippen LogP contribution in [0.2, 0.25) is 0 Å². The van der Waals surface area contributed by atoms with Gasteiger partial charge in [0, 0.05) is 18.5 Å². The fraction of sp³-hybridized carbons (Fsp3) is 0.417. The number of hydrogen-bond acceptors (Lipinski definition) is 4. The van der Waals surface area contributed by atoms with E-state index in [1.54, 1.807) is 23.1 Å². The Bertz CT molecular complexity index is 898. The maximum Gasteiger partial charge on any atom is 0.264 e. The molecular formula is C24H29NO4. The number of para-hydroxylation sites is 1. The second-order valence-electron chi connectivity index (χ2n) is 8.69. The average molecular weight is 395 g/mol. The summed E-state index contributed by atoms with van der Waals surface area (Å²) in [5.41, 5.74) is 0.730. The van der Waals surface area contributed by atoms with Crippen LogP contribution >= 0.6 is 0 Å². The molecule has 1 N–H and O–H groups in total. The first kappa shape index (κ1) is 21.1. The fourth-order valence-electron chi connectivity index (χ4n) is 3.72. The molecule has 0 saturated carbocycles. The first-order valence-electron chi connectivity index (χ1n) is 9.99. The van der Waals surface area contributed by atoms with E-state index in [0.29, 0.717) is 30.8 Å². The average Bonchev–Trinajstić information content (AvgIpc) is 2.86. The van der Waals surface area contributed by atoms with E-state index in [-0.39, 0.29) is 17.6 Å². The van der Waals surface area contributed by atoms with Crippen molar-refractivity contribution < 1.29 is 19.4 Å². The number of nitrogens with zero attached hydrogens (tertiary/aromatic N) is 1. The summed E-state index contributed by atoms with van der Waals surface area (Å²) < 4.78 is 5.82. The van der Waals surface area contributed by atoms with Crippen molar-refractivity contribution in [3.05, 3.63) is 59.7 Å². The number of rotatable bonds is 7. The van der Waals surface area contributed by atoms with Gasteiger partial charge in [0.1, 0.15) is 11.5 Å². The van der Waals surface area contributed by atoms with E-state index in [0.717, 1.165) is 5.75 Å². The maximum atomic E-state index is 12.9. The first-order chi connectivity index (χ1) is 13.6. The zero-order valence-electron chi connectivity index (χ0n) is 17.6. The molecule has 5 heteroatoms. The fourth-order valence-corrected chi connectivity index (χ4v) is 3.72. The lowest BCUT2D eigenvalue weighted by atomic mass is 9.87. The molecule has 29 heavy (non-hydrogen) atoms. The van der Waals surface area contributed by atoms with Gasteiger partial charge in [-0.1, -0.05) is 51.1 Å². The Kier molecular flexibility index (Phi) is 5.80. The SMILES string of the molecule is CC(=O)C[C@]1(O)C(=O)N(CCCOc2ccc(C(C)(C)C)cc2)c2ccccc21. The third-order valence-corrected chi connectivity index (χ3v) is 5.26. The quantitative estimate of drug-likeness (QED) is 0.721. The van der Waals surface area contributed by atoms with Crippen LogP contribution in [0, 0.1) is 0 Å². The van der Waals surface area contributed by atoms with Crippen LogP contribution in [0.5, 0.6) is 5.75 Å². The molecule has 0 aliphatic carbocycles. The number of carbonyl (C=O) groups is 2. The molecule has 1 atom stereocenters. The predicted octanol–water partition coefficient (Wildman–Crippen LogP) is 3.97. The molecule has 0 radical (unpaired) electrons. The van der Waals surface area contributed by atoms with Crippen molar-refractivity contribution >= 4 is 17.4 Å². The summed E-state index contributed by atoms with van der Waals surface area (Å²) in [6, 6.07) is 15.2. The third-order valence-electron chi connectivity index (χ3n) is 5.26. The van der Waals surface area contributed by atoms with Crippen molar-refractivity contribution in [1.82, 2.24) is 0 Å². The van der Waals surface area contributed by atoms with Crippen molar-refractivity contribution in [3.63, 3.8) is 0 Å². The Labute approximate surface area is 172 Å². The van der Waals surface area contributed by atoms with Crippen molar-refractivity contribution in [1.29, 1.82) is 0 Å². The summed E-state index contributed by atoms with van der Waals surface area (Å²) in [4.78, 5) is 26.1. The van der Waals surface area contributed by atoms with Gasteiger partial charge in [-0.25, -0.2) is 0 Å². The van der Waals surface area contributed by atoms with Crippen LogP contribution in [0.3, 0.4) is 0 Å². The molecule has 0 spiro atoms. The highest BCUT2D eigenvalue weighted by molar-refractivity contribution is 6.08. The van der Waals surface area contributed by atoms with Gasteiger partial charge in [-0.3, -0.25) is 9.59 Å². The highest BCUT2D eigenvalue weighted by Gasteiger charge is 2.49. The van der Waals surface area contributed by atoms with Crippen LogP contribution in [0.25, 0.3) is 0 Å². The van der Waals surface area contributed by atoms with Crippen LogP contribution in [-0.4, -0.2) is 29.9 Å². The number of Topliss-reactive ketones (excluding diaryl/α,β-unsaturated/α-hetero) is 1. The highest BCUT2D eigenvalue weighted by atomic mass is 16.5. The Morgan fingerprint density at radius 3 is 2.38 bits per heavy atom. The van der Waals surface area contributed by atoms with Gasteiger partial charge in [0.2, 0.25) is 0 Å². The summed E-state index contributed by atoms with van der Waals surface area (Å²) in [6.45, 7) is 8.75. The number of benzene rings is 2. The molecular weight excluding hydrogens is 366 g/mol. The van der Waals surface area contributed by atoms with Gasteiger partial charge in [0.15, 0.2) is 5.60 Å². The smallest absolute Gasteiger partial charge is 0.264 e. The minimum absolute atomic E-state index is 0.0959. The van der Waals surface area contributed by atoms with E-state index in [4.69, 9.17) is 4.74 Å². The molecule has 2 aromatic rings. The minimum atomic E-state index is -1.77. The number of hydrogen-bond donors (Lipinski definition) is 1. The van der Waals surface area contributed by atoms with E-state index < -0.39 is 11.5 Å². The van der Waals surface area contributed by atoms with Gasteiger partial charge >= 0.3 is 0 Å². The third kappa shape index (κ3) is 4.35. The molecule has 154 valence electrons. The summed E-state index contributed by atoms with van der Waals surface area (Å²) in [6.07, 6.45) is 0.396. The zero-order chi connectivity index (χ0) is 21.2. The molecule has 0 aromatic heterocycles. The highest BCUT2D eigenvalue weighted by Crippen LogP contribution is 2.42. The van der Waals surface area contributed by atoms with Crippen molar-refractivity contribution in [3.8, 4) is 5.75 Å². The van der Waals surface area contributed by atoms with E-state index in [1.807, 2.05) is 18.2 Å². The van der Waals surface area contributed by atoms with E-state index in [1.165, 1.54) is 12.5 Å².